The molecule has 0 aliphatic heterocycles. The van der Waals surface area contributed by atoms with Gasteiger partial charge in [0.25, 0.3) is 11.8 Å². The zero-order valence-corrected chi connectivity index (χ0v) is 16.8. The summed E-state index contributed by atoms with van der Waals surface area (Å²) in [4.78, 5) is 27.9. The molecule has 2 amide bonds. The Bertz CT molecular complexity index is 984. The van der Waals surface area contributed by atoms with Gasteiger partial charge in [-0.3, -0.25) is 31.3 Å². The summed E-state index contributed by atoms with van der Waals surface area (Å²) in [6.07, 6.45) is 3.32. The maximum atomic E-state index is 12.6. The Morgan fingerprint density at radius 2 is 1.52 bits per heavy atom. The number of phenolic OH excluding ortho intramolecular Hbond substituents is 1. The molecule has 0 bridgehead atoms. The molecule has 10 N–H and O–H groups in total. The molecule has 1 aromatic carbocycles. The number of hydrogen-bond donors (Lipinski definition) is 8. The van der Waals surface area contributed by atoms with E-state index in [0.717, 1.165) is 5.56 Å². The monoisotopic (exact) mass is 433 g/mol. The highest BCUT2D eigenvalue weighted by molar-refractivity contribution is 7.80. The molecule has 1 heterocycles. The number of aromatic amines is 1. The second-order valence-electron chi connectivity index (χ2n) is 5.73. The zero-order chi connectivity index (χ0) is 21.6. The minimum absolute atomic E-state index is 0.117. The van der Waals surface area contributed by atoms with Gasteiger partial charge in [0.05, 0.1) is 11.3 Å². The fourth-order valence-corrected chi connectivity index (χ4v) is 2.49. The zero-order valence-electron chi connectivity index (χ0n) is 15.2. The van der Waals surface area contributed by atoms with E-state index in [4.69, 9.17) is 11.5 Å². The van der Waals surface area contributed by atoms with E-state index in [1.54, 1.807) is 31.2 Å². The molecule has 0 radical (unpaired) electrons. The highest BCUT2D eigenvalue weighted by atomic mass is 32.1. The number of thiocarbonyl (C=S) groups is 2. The van der Waals surface area contributed by atoms with Crippen LogP contribution in [0.15, 0.2) is 24.3 Å². The average Bonchev–Trinajstić information content (AvgIpc) is 3.00. The maximum absolute atomic E-state index is 12.6. The standard InChI is InChI=1S/C17H19N7O3S2/c1-8-12(14(26)21-23-16(18)28)11(7-4-9-2-5-10(25)6-3-9)20-13(8)15(27)22-24-17(19)29/h2-7,20,25H,1H3,(H,21,26)(H,22,27)(H3,18,23,28)(H3,19,24,29)/b7-4+. The van der Waals surface area contributed by atoms with Crippen molar-refractivity contribution in [3.8, 4) is 5.75 Å². The number of hydrazine groups is 2. The van der Waals surface area contributed by atoms with Crippen molar-refractivity contribution in [3.63, 3.8) is 0 Å². The SMILES string of the molecule is Cc1c(C(=O)NNC(N)=S)[nH]c(/C=C/c2ccc(O)cc2)c1C(=O)NNC(N)=S. The van der Waals surface area contributed by atoms with E-state index in [2.05, 4.69) is 51.1 Å². The summed E-state index contributed by atoms with van der Waals surface area (Å²) < 4.78 is 0. The van der Waals surface area contributed by atoms with Crippen molar-refractivity contribution < 1.29 is 14.7 Å². The third-order valence-electron chi connectivity index (χ3n) is 3.67. The normalized spacial score (nSPS) is 10.4. The maximum Gasteiger partial charge on any atom is 0.286 e. The smallest absolute Gasteiger partial charge is 0.286 e. The molecule has 0 aliphatic carbocycles. The summed E-state index contributed by atoms with van der Waals surface area (Å²) in [6, 6.07) is 6.43. The number of hydrogen-bond acceptors (Lipinski definition) is 5. The van der Waals surface area contributed by atoms with Crippen molar-refractivity contribution in [2.75, 3.05) is 0 Å². The largest absolute Gasteiger partial charge is 0.508 e. The van der Waals surface area contributed by atoms with Gasteiger partial charge in [0.2, 0.25) is 0 Å². The van der Waals surface area contributed by atoms with Crippen molar-refractivity contribution in [1.82, 2.24) is 26.7 Å². The minimum Gasteiger partial charge on any atom is -0.508 e. The van der Waals surface area contributed by atoms with Gasteiger partial charge in [0.15, 0.2) is 10.2 Å². The van der Waals surface area contributed by atoms with Gasteiger partial charge < -0.3 is 21.6 Å². The van der Waals surface area contributed by atoms with Gasteiger partial charge in [0.1, 0.15) is 11.4 Å². The second-order valence-corrected chi connectivity index (χ2v) is 6.60. The lowest BCUT2D eigenvalue weighted by Crippen LogP contribution is -2.45. The van der Waals surface area contributed by atoms with E-state index in [9.17, 15) is 14.7 Å². The lowest BCUT2D eigenvalue weighted by molar-refractivity contribution is 0.0937. The van der Waals surface area contributed by atoms with Crippen LogP contribution < -0.4 is 33.2 Å². The average molecular weight is 434 g/mol. The fraction of sp³-hybridized carbons (Fsp3) is 0.0588. The topological polar surface area (TPSA) is 170 Å². The molecule has 0 atom stereocenters. The summed E-state index contributed by atoms with van der Waals surface area (Å²) in [6.45, 7) is 1.60. The molecule has 12 heteroatoms. The van der Waals surface area contributed by atoms with Crippen molar-refractivity contribution in [1.29, 1.82) is 0 Å². The van der Waals surface area contributed by atoms with Crippen LogP contribution in [0, 0.1) is 6.92 Å². The number of phenols is 1. The van der Waals surface area contributed by atoms with Crippen LogP contribution in [0.25, 0.3) is 12.2 Å². The number of H-pyrrole nitrogens is 1. The molecule has 1 aromatic heterocycles. The summed E-state index contributed by atoms with van der Waals surface area (Å²) in [5, 5.41) is 9.14. The molecular weight excluding hydrogens is 414 g/mol. The number of benzene rings is 1. The predicted molar refractivity (Wildman–Crippen MR) is 117 cm³/mol. The minimum atomic E-state index is -0.573. The number of carbonyl (C=O) groups excluding carboxylic acids is 2. The van der Waals surface area contributed by atoms with Gasteiger partial charge in [-0.15, -0.1) is 0 Å². The van der Waals surface area contributed by atoms with Crippen molar-refractivity contribution >= 4 is 58.6 Å². The van der Waals surface area contributed by atoms with Crippen LogP contribution in [0.1, 0.15) is 37.7 Å². The summed E-state index contributed by atoms with van der Waals surface area (Å²) in [5.74, 6) is -1.000. The van der Waals surface area contributed by atoms with E-state index in [-0.39, 0.29) is 27.2 Å². The Labute approximate surface area is 176 Å². The number of aromatic hydroxyl groups is 1. The van der Waals surface area contributed by atoms with Crippen molar-refractivity contribution in [2.24, 2.45) is 11.5 Å². The first-order valence-electron chi connectivity index (χ1n) is 8.10. The number of amides is 2. The molecule has 0 unspecified atom stereocenters. The van der Waals surface area contributed by atoms with Crippen LogP contribution in [-0.4, -0.2) is 32.1 Å². The van der Waals surface area contributed by atoms with Gasteiger partial charge >= 0.3 is 0 Å². The van der Waals surface area contributed by atoms with E-state index < -0.39 is 11.8 Å². The first kappa shape index (κ1) is 21.7. The Balaban J connectivity index is 2.40. The summed E-state index contributed by atoms with van der Waals surface area (Å²) in [7, 11) is 0. The Hall–Kier alpha value is -3.64. The molecule has 0 saturated carbocycles. The van der Waals surface area contributed by atoms with Crippen LogP contribution >= 0.6 is 24.4 Å². The van der Waals surface area contributed by atoms with Crippen LogP contribution in [0.4, 0.5) is 0 Å². The van der Waals surface area contributed by atoms with E-state index in [0.29, 0.717) is 11.3 Å². The van der Waals surface area contributed by atoms with Crippen molar-refractivity contribution in [3.05, 3.63) is 52.3 Å². The van der Waals surface area contributed by atoms with Crippen LogP contribution in [0.5, 0.6) is 5.75 Å². The Morgan fingerprint density at radius 3 is 2.07 bits per heavy atom. The number of nitrogens with two attached hydrogens (primary N) is 2. The lowest BCUT2D eigenvalue weighted by atomic mass is 10.1. The second kappa shape index (κ2) is 9.52. The highest BCUT2D eigenvalue weighted by Gasteiger charge is 2.23. The molecule has 0 spiro atoms. The summed E-state index contributed by atoms with van der Waals surface area (Å²) >= 11 is 9.32. The predicted octanol–water partition coefficient (Wildman–Crippen LogP) is 0.155. The number of rotatable bonds is 4. The Morgan fingerprint density at radius 1 is 0.966 bits per heavy atom. The first-order chi connectivity index (χ1) is 13.7. The number of carbonyl (C=O) groups is 2. The number of aromatic nitrogens is 1. The quantitative estimate of drug-likeness (QED) is 0.247. The molecule has 0 saturated heterocycles. The fourth-order valence-electron chi connectivity index (χ4n) is 2.39. The van der Waals surface area contributed by atoms with Crippen molar-refractivity contribution in [2.45, 2.75) is 6.92 Å². The summed E-state index contributed by atoms with van der Waals surface area (Å²) in [5.41, 5.74) is 21.8. The van der Waals surface area contributed by atoms with E-state index in [1.807, 2.05) is 0 Å². The van der Waals surface area contributed by atoms with Crippen LogP contribution in [0.2, 0.25) is 0 Å². The van der Waals surface area contributed by atoms with E-state index >= 15 is 0 Å². The molecule has 29 heavy (non-hydrogen) atoms. The molecule has 0 aliphatic rings. The third kappa shape index (κ3) is 5.92. The Kier molecular flexibility index (Phi) is 7.11. The van der Waals surface area contributed by atoms with Gasteiger partial charge in [-0.2, -0.15) is 0 Å². The molecule has 2 aromatic rings. The lowest BCUT2D eigenvalue weighted by Gasteiger charge is -2.07. The van der Waals surface area contributed by atoms with Gasteiger partial charge in [0, 0.05) is 0 Å². The van der Waals surface area contributed by atoms with Gasteiger partial charge in [-0.1, -0.05) is 18.2 Å². The first-order valence-corrected chi connectivity index (χ1v) is 8.92. The molecule has 2 rings (SSSR count). The van der Waals surface area contributed by atoms with Crippen LogP contribution in [-0.2, 0) is 0 Å². The van der Waals surface area contributed by atoms with E-state index in [1.165, 1.54) is 12.1 Å². The molecule has 152 valence electrons. The van der Waals surface area contributed by atoms with Gasteiger partial charge in [-0.25, -0.2) is 0 Å². The molecule has 10 nitrogen and oxygen atoms in total. The highest BCUT2D eigenvalue weighted by Crippen LogP contribution is 2.21. The molecular formula is C17H19N7O3S2. The number of nitrogens with one attached hydrogen (secondary N) is 5. The molecule has 0 fully saturated rings. The van der Waals surface area contributed by atoms with Gasteiger partial charge in [-0.05, 0) is 60.7 Å². The van der Waals surface area contributed by atoms with Crippen LogP contribution in [0.3, 0.4) is 0 Å². The third-order valence-corrected chi connectivity index (χ3v) is 3.87.